The van der Waals surface area contributed by atoms with Crippen LogP contribution in [-0.2, 0) is 6.42 Å². The Balaban J connectivity index is 1.42. The van der Waals surface area contributed by atoms with Crippen LogP contribution in [0.15, 0.2) is 18.2 Å². The van der Waals surface area contributed by atoms with Crippen molar-refractivity contribution >= 4 is 11.7 Å². The molecule has 0 fully saturated rings. The standard InChI is InChI=1S/C24H39NO2/c1-2-3-4-5-6-7-8-9-10-11-12-13-14-15-22-19-21-18-20(24(26)27)16-17-23(21)25-22/h16-18,22,25H,2-15,19H2,1H3,(H,26,27). The molecule has 1 heterocycles. The monoisotopic (exact) mass is 373 g/mol. The molecule has 27 heavy (non-hydrogen) atoms. The molecule has 0 saturated carbocycles. The van der Waals surface area contributed by atoms with Gasteiger partial charge in [0.1, 0.15) is 0 Å². The molecule has 1 aliphatic rings. The molecular weight excluding hydrogens is 334 g/mol. The van der Waals surface area contributed by atoms with Crippen molar-refractivity contribution in [2.24, 2.45) is 0 Å². The van der Waals surface area contributed by atoms with E-state index in [9.17, 15) is 4.79 Å². The zero-order valence-corrected chi connectivity index (χ0v) is 17.3. The van der Waals surface area contributed by atoms with Crippen molar-refractivity contribution in [3.8, 4) is 0 Å². The number of hydrogen-bond donors (Lipinski definition) is 2. The second-order valence-corrected chi connectivity index (χ2v) is 8.25. The lowest BCUT2D eigenvalue weighted by atomic mass is 10.0. The molecule has 0 bridgehead atoms. The van der Waals surface area contributed by atoms with Crippen molar-refractivity contribution in [3.63, 3.8) is 0 Å². The largest absolute Gasteiger partial charge is 0.478 e. The summed E-state index contributed by atoms with van der Waals surface area (Å²) in [5.41, 5.74) is 2.69. The van der Waals surface area contributed by atoms with Crippen molar-refractivity contribution in [2.45, 2.75) is 109 Å². The smallest absolute Gasteiger partial charge is 0.335 e. The van der Waals surface area contributed by atoms with E-state index in [1.807, 2.05) is 12.1 Å². The van der Waals surface area contributed by atoms with Gasteiger partial charge < -0.3 is 10.4 Å². The summed E-state index contributed by atoms with van der Waals surface area (Å²) in [6.45, 7) is 2.28. The molecule has 2 N–H and O–H groups in total. The van der Waals surface area contributed by atoms with Crippen molar-refractivity contribution in [3.05, 3.63) is 29.3 Å². The van der Waals surface area contributed by atoms with Crippen LogP contribution in [0.5, 0.6) is 0 Å². The average molecular weight is 374 g/mol. The van der Waals surface area contributed by atoms with E-state index in [4.69, 9.17) is 5.11 Å². The molecular formula is C24H39NO2. The fourth-order valence-corrected chi connectivity index (χ4v) is 4.16. The van der Waals surface area contributed by atoms with Crippen LogP contribution in [0, 0.1) is 0 Å². The first-order chi connectivity index (χ1) is 13.2. The van der Waals surface area contributed by atoms with Gasteiger partial charge in [-0.2, -0.15) is 0 Å². The van der Waals surface area contributed by atoms with Crippen LogP contribution < -0.4 is 5.32 Å². The minimum Gasteiger partial charge on any atom is -0.478 e. The maximum absolute atomic E-state index is 11.1. The van der Waals surface area contributed by atoms with Gasteiger partial charge in [-0.15, -0.1) is 0 Å². The Morgan fingerprint density at radius 2 is 1.48 bits per heavy atom. The van der Waals surface area contributed by atoms with Gasteiger partial charge in [-0.05, 0) is 36.6 Å². The molecule has 1 aromatic carbocycles. The highest BCUT2D eigenvalue weighted by molar-refractivity contribution is 5.88. The maximum atomic E-state index is 11.1. The summed E-state index contributed by atoms with van der Waals surface area (Å²) in [5, 5.41) is 12.6. The first-order valence-corrected chi connectivity index (χ1v) is 11.3. The summed E-state index contributed by atoms with van der Waals surface area (Å²) < 4.78 is 0. The van der Waals surface area contributed by atoms with E-state index >= 15 is 0 Å². The van der Waals surface area contributed by atoms with Gasteiger partial charge in [-0.1, -0.05) is 90.4 Å². The zero-order valence-electron chi connectivity index (χ0n) is 17.3. The Bertz CT molecular complexity index is 555. The molecule has 2 rings (SSSR count). The van der Waals surface area contributed by atoms with Gasteiger partial charge in [0.15, 0.2) is 0 Å². The third-order valence-electron chi connectivity index (χ3n) is 5.83. The number of unbranched alkanes of at least 4 members (excludes halogenated alkanes) is 12. The summed E-state index contributed by atoms with van der Waals surface area (Å²) >= 11 is 0. The summed E-state index contributed by atoms with van der Waals surface area (Å²) in [7, 11) is 0. The van der Waals surface area contributed by atoms with Gasteiger partial charge in [-0.3, -0.25) is 0 Å². The normalized spacial score (nSPS) is 15.5. The maximum Gasteiger partial charge on any atom is 0.335 e. The first kappa shape index (κ1) is 21.8. The Kier molecular flexibility index (Phi) is 10.3. The van der Waals surface area contributed by atoms with Gasteiger partial charge in [0.05, 0.1) is 5.56 Å². The predicted octanol–water partition coefficient (Wildman–Crippen LogP) is 7.20. The Hall–Kier alpha value is -1.51. The van der Waals surface area contributed by atoms with Crippen molar-refractivity contribution < 1.29 is 9.90 Å². The number of carboxylic acids is 1. The van der Waals surface area contributed by atoms with Gasteiger partial charge in [0, 0.05) is 11.7 Å². The first-order valence-electron chi connectivity index (χ1n) is 11.3. The van der Waals surface area contributed by atoms with Gasteiger partial charge in [0.25, 0.3) is 0 Å². The molecule has 0 spiro atoms. The topological polar surface area (TPSA) is 49.3 Å². The minimum absolute atomic E-state index is 0.400. The van der Waals surface area contributed by atoms with Gasteiger partial charge in [0.2, 0.25) is 0 Å². The number of carbonyl (C=O) groups is 1. The summed E-state index contributed by atoms with van der Waals surface area (Å²) in [6.07, 6.45) is 20.2. The number of rotatable bonds is 15. The highest BCUT2D eigenvalue weighted by atomic mass is 16.4. The lowest BCUT2D eigenvalue weighted by Gasteiger charge is -2.10. The highest BCUT2D eigenvalue weighted by Crippen LogP contribution is 2.29. The van der Waals surface area contributed by atoms with E-state index in [-0.39, 0.29) is 0 Å². The molecule has 0 aliphatic carbocycles. The van der Waals surface area contributed by atoms with Crippen LogP contribution in [0.2, 0.25) is 0 Å². The lowest BCUT2D eigenvalue weighted by Crippen LogP contribution is -2.14. The number of nitrogens with one attached hydrogen (secondary N) is 1. The molecule has 1 atom stereocenters. The number of hydrogen-bond acceptors (Lipinski definition) is 2. The number of benzene rings is 1. The van der Waals surface area contributed by atoms with E-state index < -0.39 is 5.97 Å². The summed E-state index contributed by atoms with van der Waals surface area (Å²) in [4.78, 5) is 11.1. The quantitative estimate of drug-likeness (QED) is 0.319. The molecule has 1 aliphatic heterocycles. The van der Waals surface area contributed by atoms with Crippen LogP contribution in [-0.4, -0.2) is 17.1 Å². The van der Waals surface area contributed by atoms with Crippen LogP contribution >= 0.6 is 0 Å². The minimum atomic E-state index is -0.835. The van der Waals surface area contributed by atoms with Crippen LogP contribution in [0.3, 0.4) is 0 Å². The molecule has 1 unspecified atom stereocenters. The van der Waals surface area contributed by atoms with Crippen LogP contribution in [0.1, 0.15) is 113 Å². The number of carboxylic acid groups (broad SMARTS) is 1. The number of fused-ring (bicyclic) bond motifs is 1. The van der Waals surface area contributed by atoms with E-state index in [0.717, 1.165) is 17.7 Å². The third-order valence-corrected chi connectivity index (χ3v) is 5.83. The van der Waals surface area contributed by atoms with Crippen LogP contribution in [0.4, 0.5) is 5.69 Å². The molecule has 0 aromatic heterocycles. The zero-order chi connectivity index (χ0) is 19.3. The second kappa shape index (κ2) is 12.8. The molecule has 3 nitrogen and oxygen atoms in total. The Labute approximate surface area is 166 Å². The van der Waals surface area contributed by atoms with Gasteiger partial charge >= 0.3 is 5.97 Å². The van der Waals surface area contributed by atoms with E-state index in [1.165, 1.54) is 89.9 Å². The predicted molar refractivity (Wildman–Crippen MR) is 115 cm³/mol. The average Bonchev–Trinajstić information content (AvgIpc) is 3.07. The number of aromatic carboxylic acids is 1. The molecule has 0 radical (unpaired) electrons. The lowest BCUT2D eigenvalue weighted by molar-refractivity contribution is 0.0697. The van der Waals surface area contributed by atoms with Crippen molar-refractivity contribution in [1.82, 2.24) is 0 Å². The summed E-state index contributed by atoms with van der Waals surface area (Å²) in [5.74, 6) is -0.835. The fourth-order valence-electron chi connectivity index (χ4n) is 4.16. The van der Waals surface area contributed by atoms with Crippen molar-refractivity contribution in [1.29, 1.82) is 0 Å². The molecule has 152 valence electrons. The van der Waals surface area contributed by atoms with E-state index in [0.29, 0.717) is 11.6 Å². The number of anilines is 1. The molecule has 1 aromatic rings. The Morgan fingerprint density at radius 3 is 2.04 bits per heavy atom. The highest BCUT2D eigenvalue weighted by Gasteiger charge is 2.21. The SMILES string of the molecule is CCCCCCCCCCCCCCCC1Cc2cc(C(=O)O)ccc2N1. The van der Waals surface area contributed by atoms with E-state index in [2.05, 4.69) is 12.2 Å². The second-order valence-electron chi connectivity index (χ2n) is 8.25. The molecule has 3 heteroatoms. The van der Waals surface area contributed by atoms with Crippen LogP contribution in [0.25, 0.3) is 0 Å². The third kappa shape index (κ3) is 8.36. The molecule has 0 saturated heterocycles. The molecule has 0 amide bonds. The fraction of sp³-hybridized carbons (Fsp3) is 0.708. The van der Waals surface area contributed by atoms with E-state index in [1.54, 1.807) is 6.07 Å². The van der Waals surface area contributed by atoms with Crippen molar-refractivity contribution in [2.75, 3.05) is 5.32 Å². The summed E-state index contributed by atoms with van der Waals surface area (Å²) in [6, 6.07) is 5.93. The van der Waals surface area contributed by atoms with Gasteiger partial charge in [-0.25, -0.2) is 4.79 Å². The Morgan fingerprint density at radius 1 is 0.926 bits per heavy atom.